The molecule has 0 spiro atoms. The summed E-state index contributed by atoms with van der Waals surface area (Å²) in [5.74, 6) is 0. The summed E-state index contributed by atoms with van der Waals surface area (Å²) in [5, 5.41) is 10.6. The number of rotatable bonds is 2. The van der Waals surface area contributed by atoms with E-state index in [0.29, 0.717) is 0 Å². The van der Waals surface area contributed by atoms with Crippen LogP contribution in [0.15, 0.2) is 140 Å². The van der Waals surface area contributed by atoms with Crippen LogP contribution in [0, 0.1) is 13.8 Å². The average Bonchev–Trinajstić information content (AvgIpc) is 3.12. The third-order valence-corrected chi connectivity index (χ3v) is 14.9. The highest BCUT2D eigenvalue weighted by molar-refractivity contribution is 7.00. The molecule has 0 saturated carbocycles. The molecular weight excluding hydrogens is 633 g/mol. The van der Waals surface area contributed by atoms with E-state index in [-0.39, 0.29) is 5.41 Å². The molecule has 0 atom stereocenters. The van der Waals surface area contributed by atoms with Crippen molar-refractivity contribution in [2.45, 2.75) is 53.1 Å². The molecule has 0 fully saturated rings. The van der Waals surface area contributed by atoms with Crippen LogP contribution < -0.4 is 20.2 Å². The Kier molecular flexibility index (Phi) is 7.01. The molecule has 0 aromatic heterocycles. The molecule has 8 aromatic rings. The SMILES string of the molecule is Cc1ccccc1N1c2cccc(c2)[Si](C)(C)c2cccc(c2)N(c2ccccc2C)c2cc1c1ccc3cc(C(C)(C)C)cc4ccc2c1c34. The fourth-order valence-corrected chi connectivity index (χ4v) is 10.7. The Labute approximate surface area is 302 Å². The van der Waals surface area contributed by atoms with Crippen LogP contribution in [0.5, 0.6) is 0 Å². The summed E-state index contributed by atoms with van der Waals surface area (Å²) in [4.78, 5) is 5.07. The van der Waals surface area contributed by atoms with Gasteiger partial charge in [-0.1, -0.05) is 141 Å². The standard InChI is InChI=1S/C48H44N2Si/c1-31-14-8-10-20-42(31)49-36-16-12-18-38(28-36)51(6,7)39-19-13-17-37(29-39)50(43-21-11-9-15-32(43)2)45-30-44(49)40-24-22-33-26-35(48(3,4)5)27-34-23-25-41(45)47(40)46(33)34/h8-30H,1-7H3. The summed E-state index contributed by atoms with van der Waals surface area (Å²) in [6.07, 6.45) is 0. The Morgan fingerprint density at radius 3 is 1.37 bits per heavy atom. The Bertz CT molecular complexity index is 2480. The summed E-state index contributed by atoms with van der Waals surface area (Å²) in [6.45, 7) is 16.4. The molecule has 0 unspecified atom stereocenters. The van der Waals surface area contributed by atoms with Crippen LogP contribution in [-0.2, 0) is 5.41 Å². The summed E-state index contributed by atoms with van der Waals surface area (Å²) in [6, 6.07) is 53.3. The van der Waals surface area contributed by atoms with E-state index >= 15 is 0 Å². The minimum absolute atomic E-state index is 0.0466. The molecule has 0 aliphatic carbocycles. The minimum Gasteiger partial charge on any atom is -0.310 e. The summed E-state index contributed by atoms with van der Waals surface area (Å²) < 4.78 is 0. The molecular formula is C48H44N2Si. The molecule has 1 aliphatic rings. The predicted octanol–water partition coefficient (Wildman–Crippen LogP) is 12.6. The van der Waals surface area contributed by atoms with Gasteiger partial charge in [-0.25, -0.2) is 0 Å². The number of hydrogen-bond donors (Lipinski definition) is 0. The zero-order chi connectivity index (χ0) is 35.2. The van der Waals surface area contributed by atoms with Gasteiger partial charge in [0.25, 0.3) is 0 Å². The average molecular weight is 677 g/mol. The fourth-order valence-electron chi connectivity index (χ4n) is 8.36. The van der Waals surface area contributed by atoms with Gasteiger partial charge < -0.3 is 9.80 Å². The van der Waals surface area contributed by atoms with Crippen molar-refractivity contribution in [3.63, 3.8) is 0 Å². The van der Waals surface area contributed by atoms with E-state index < -0.39 is 8.07 Å². The molecule has 3 heteroatoms. The second-order valence-corrected chi connectivity index (χ2v) is 20.4. The Morgan fingerprint density at radius 1 is 0.451 bits per heavy atom. The fraction of sp³-hybridized carbons (Fsp3) is 0.167. The van der Waals surface area contributed by atoms with Crippen molar-refractivity contribution in [1.82, 2.24) is 0 Å². The van der Waals surface area contributed by atoms with E-state index in [1.165, 1.54) is 93.5 Å². The molecule has 0 saturated heterocycles. The second kappa shape index (κ2) is 11.3. The lowest BCUT2D eigenvalue weighted by Gasteiger charge is -2.35. The highest BCUT2D eigenvalue weighted by Gasteiger charge is 2.31. The van der Waals surface area contributed by atoms with Gasteiger partial charge in [-0.15, -0.1) is 0 Å². The first kappa shape index (κ1) is 31.6. The monoisotopic (exact) mass is 676 g/mol. The van der Waals surface area contributed by atoms with Crippen molar-refractivity contribution < 1.29 is 0 Å². The van der Waals surface area contributed by atoms with Gasteiger partial charge in [-0.05, 0) is 94.6 Å². The molecule has 51 heavy (non-hydrogen) atoms. The van der Waals surface area contributed by atoms with Gasteiger partial charge in [0.15, 0.2) is 0 Å². The van der Waals surface area contributed by atoms with Crippen molar-refractivity contribution in [3.05, 3.63) is 156 Å². The first-order valence-electron chi connectivity index (χ1n) is 18.2. The zero-order valence-corrected chi connectivity index (χ0v) is 31.7. The molecule has 0 N–H and O–H groups in total. The molecule has 9 rings (SSSR count). The quantitative estimate of drug-likeness (QED) is 0.133. The molecule has 6 bridgehead atoms. The smallest absolute Gasteiger partial charge is 0.112 e. The molecule has 0 radical (unpaired) electrons. The van der Waals surface area contributed by atoms with Crippen molar-refractivity contribution in [1.29, 1.82) is 0 Å². The van der Waals surface area contributed by atoms with E-state index in [4.69, 9.17) is 0 Å². The minimum atomic E-state index is -2.11. The van der Waals surface area contributed by atoms with Crippen molar-refractivity contribution in [3.8, 4) is 0 Å². The van der Waals surface area contributed by atoms with Crippen LogP contribution in [-0.4, -0.2) is 8.07 Å². The highest BCUT2D eigenvalue weighted by Crippen LogP contribution is 2.51. The Morgan fingerprint density at radius 2 is 0.922 bits per heavy atom. The highest BCUT2D eigenvalue weighted by atomic mass is 28.3. The lowest BCUT2D eigenvalue weighted by molar-refractivity contribution is 0.591. The number of benzene rings is 8. The third kappa shape index (κ3) is 4.90. The van der Waals surface area contributed by atoms with Crippen molar-refractivity contribution in [2.75, 3.05) is 9.80 Å². The van der Waals surface area contributed by atoms with Crippen LogP contribution in [0.1, 0.15) is 37.5 Å². The maximum Gasteiger partial charge on any atom is 0.112 e. The van der Waals surface area contributed by atoms with E-state index in [1.807, 2.05) is 0 Å². The van der Waals surface area contributed by atoms with Crippen LogP contribution in [0.25, 0.3) is 32.3 Å². The van der Waals surface area contributed by atoms with E-state index in [2.05, 4.69) is 197 Å². The van der Waals surface area contributed by atoms with Gasteiger partial charge in [0.2, 0.25) is 0 Å². The van der Waals surface area contributed by atoms with Crippen molar-refractivity contribution in [2.24, 2.45) is 0 Å². The molecule has 1 aliphatic heterocycles. The lowest BCUT2D eigenvalue weighted by atomic mass is 9.83. The van der Waals surface area contributed by atoms with Gasteiger partial charge in [0.1, 0.15) is 8.07 Å². The van der Waals surface area contributed by atoms with Gasteiger partial charge >= 0.3 is 0 Å². The van der Waals surface area contributed by atoms with Gasteiger partial charge in [-0.2, -0.15) is 0 Å². The Balaban J connectivity index is 1.52. The first-order valence-corrected chi connectivity index (χ1v) is 21.2. The molecule has 1 heterocycles. The van der Waals surface area contributed by atoms with Gasteiger partial charge in [0, 0.05) is 38.9 Å². The number of hydrogen-bond acceptors (Lipinski definition) is 2. The van der Waals surface area contributed by atoms with Crippen LogP contribution in [0.3, 0.4) is 0 Å². The largest absolute Gasteiger partial charge is 0.310 e. The maximum absolute atomic E-state index is 2.53. The van der Waals surface area contributed by atoms with Crippen LogP contribution in [0.2, 0.25) is 13.1 Å². The number of para-hydroxylation sites is 2. The summed E-state index contributed by atoms with van der Waals surface area (Å²) >= 11 is 0. The van der Waals surface area contributed by atoms with Crippen LogP contribution >= 0.6 is 0 Å². The van der Waals surface area contributed by atoms with Crippen molar-refractivity contribution >= 4 is 84.9 Å². The predicted molar refractivity (Wildman–Crippen MR) is 224 cm³/mol. The number of nitrogens with zero attached hydrogens (tertiary/aromatic N) is 2. The van der Waals surface area contributed by atoms with E-state index in [9.17, 15) is 0 Å². The molecule has 0 amide bonds. The third-order valence-electron chi connectivity index (χ3n) is 11.4. The zero-order valence-electron chi connectivity index (χ0n) is 30.7. The number of anilines is 6. The van der Waals surface area contributed by atoms with E-state index in [1.54, 1.807) is 0 Å². The lowest BCUT2D eigenvalue weighted by Crippen LogP contribution is -2.53. The maximum atomic E-state index is 2.53. The molecule has 2 nitrogen and oxygen atoms in total. The number of fused-ring (bicyclic) bond motifs is 8. The number of aryl methyl sites for hydroxylation is 2. The van der Waals surface area contributed by atoms with E-state index in [0.717, 1.165) is 0 Å². The molecule has 250 valence electrons. The topological polar surface area (TPSA) is 6.48 Å². The van der Waals surface area contributed by atoms with Gasteiger partial charge in [-0.3, -0.25) is 0 Å². The molecule has 8 aromatic carbocycles. The van der Waals surface area contributed by atoms with Gasteiger partial charge in [0.05, 0.1) is 11.4 Å². The Hall–Kier alpha value is -5.38. The normalized spacial score (nSPS) is 14.3. The summed E-state index contributed by atoms with van der Waals surface area (Å²) in [7, 11) is -2.11. The summed E-state index contributed by atoms with van der Waals surface area (Å²) in [5.41, 5.74) is 11.1. The second-order valence-electron chi connectivity index (χ2n) is 16.0. The van der Waals surface area contributed by atoms with Crippen LogP contribution in [0.4, 0.5) is 34.1 Å². The first-order chi connectivity index (χ1) is 24.5.